The highest BCUT2D eigenvalue weighted by Crippen LogP contribution is 2.37. The number of carbonyl (C=O) groups is 1. The second-order valence-corrected chi connectivity index (χ2v) is 12.8. The highest BCUT2D eigenvalue weighted by molar-refractivity contribution is 6.22. The molecule has 0 fully saturated rings. The highest BCUT2D eigenvalue weighted by Gasteiger charge is 2.26. The summed E-state index contributed by atoms with van der Waals surface area (Å²) in [6, 6.07) is 29.1. The predicted molar refractivity (Wildman–Crippen MR) is 204 cm³/mol. The summed E-state index contributed by atoms with van der Waals surface area (Å²) >= 11 is 0. The normalized spacial score (nSPS) is 11.2. The number of unbranched alkanes of at least 4 members (excludes halogenated alkanes) is 4. The standard InChI is InChI=1S/C45H50N2O/c1-5-9-29-46(30-10-6-2)39-23-17-35(18-24-39)13-15-37-21-27-41-42-28-22-38(34-44(42)45(48)43(41)33-37)16-14-36-19-25-40(26-20-36)47(31-11-7-3)32-12-8-4/h17-28,33-34H,5-12,29-32H2,1-4H3. The van der Waals surface area contributed by atoms with Gasteiger partial charge in [-0.2, -0.15) is 0 Å². The van der Waals surface area contributed by atoms with Gasteiger partial charge in [0.15, 0.2) is 5.78 Å². The van der Waals surface area contributed by atoms with Crippen LogP contribution in [0, 0.1) is 23.7 Å². The lowest BCUT2D eigenvalue weighted by atomic mass is 10.0. The maximum Gasteiger partial charge on any atom is 0.194 e. The van der Waals surface area contributed by atoms with Crippen LogP contribution < -0.4 is 9.80 Å². The number of fused-ring (bicyclic) bond motifs is 3. The fourth-order valence-electron chi connectivity index (χ4n) is 6.17. The van der Waals surface area contributed by atoms with E-state index in [1.807, 2.05) is 36.4 Å². The third kappa shape index (κ3) is 8.79. The summed E-state index contributed by atoms with van der Waals surface area (Å²) in [6.45, 7) is 13.3. The molecule has 0 aromatic heterocycles. The van der Waals surface area contributed by atoms with Crippen molar-refractivity contribution in [3.63, 3.8) is 0 Å². The zero-order chi connectivity index (χ0) is 33.7. The molecule has 0 unspecified atom stereocenters. The summed E-state index contributed by atoms with van der Waals surface area (Å²) in [5, 5.41) is 0. The molecule has 4 aromatic carbocycles. The topological polar surface area (TPSA) is 23.6 Å². The molecule has 0 atom stereocenters. The van der Waals surface area contributed by atoms with Crippen LogP contribution in [0.5, 0.6) is 0 Å². The molecule has 3 nitrogen and oxygen atoms in total. The zero-order valence-electron chi connectivity index (χ0n) is 29.4. The van der Waals surface area contributed by atoms with Crippen LogP contribution in [0.4, 0.5) is 11.4 Å². The number of benzene rings is 4. The number of nitrogens with zero attached hydrogens (tertiary/aromatic N) is 2. The molecule has 5 rings (SSSR count). The van der Waals surface area contributed by atoms with Gasteiger partial charge in [0, 0.05) is 70.9 Å². The van der Waals surface area contributed by atoms with E-state index in [1.165, 1.54) is 62.7 Å². The molecule has 0 radical (unpaired) electrons. The first kappa shape index (κ1) is 34.6. The van der Waals surface area contributed by atoms with Crippen LogP contribution in [0.3, 0.4) is 0 Å². The van der Waals surface area contributed by atoms with Crippen LogP contribution in [0.25, 0.3) is 11.1 Å². The van der Waals surface area contributed by atoms with Gasteiger partial charge in [0.2, 0.25) is 0 Å². The van der Waals surface area contributed by atoms with E-state index in [-0.39, 0.29) is 5.78 Å². The van der Waals surface area contributed by atoms with Crippen molar-refractivity contribution >= 4 is 17.2 Å². The molecule has 1 aliphatic carbocycles. The lowest BCUT2D eigenvalue weighted by molar-refractivity contribution is 0.104. The average Bonchev–Trinajstić information content (AvgIpc) is 3.40. The van der Waals surface area contributed by atoms with E-state index in [2.05, 4.69) is 110 Å². The van der Waals surface area contributed by atoms with Crippen molar-refractivity contribution < 1.29 is 4.79 Å². The molecular weight excluding hydrogens is 585 g/mol. The monoisotopic (exact) mass is 634 g/mol. The molecular formula is C45H50N2O. The van der Waals surface area contributed by atoms with E-state index in [1.54, 1.807) is 0 Å². The second kappa shape index (κ2) is 17.4. The second-order valence-electron chi connectivity index (χ2n) is 12.8. The molecule has 1 aliphatic rings. The number of rotatable bonds is 14. The Bertz CT molecular complexity index is 1650. The van der Waals surface area contributed by atoms with Crippen molar-refractivity contribution in [3.05, 3.63) is 118 Å². The van der Waals surface area contributed by atoms with Gasteiger partial charge in [0.25, 0.3) is 0 Å². The fraction of sp³-hybridized carbons (Fsp3) is 0.356. The van der Waals surface area contributed by atoms with Crippen molar-refractivity contribution in [2.75, 3.05) is 36.0 Å². The van der Waals surface area contributed by atoms with Gasteiger partial charge in [0.1, 0.15) is 0 Å². The molecule has 0 spiro atoms. The third-order valence-corrected chi connectivity index (χ3v) is 9.11. The molecule has 0 N–H and O–H groups in total. The minimum absolute atomic E-state index is 0.0412. The summed E-state index contributed by atoms with van der Waals surface area (Å²) in [4.78, 5) is 18.5. The van der Waals surface area contributed by atoms with Gasteiger partial charge in [-0.25, -0.2) is 0 Å². The van der Waals surface area contributed by atoms with E-state index in [4.69, 9.17) is 0 Å². The number of carbonyl (C=O) groups excluding carboxylic acids is 1. The fourth-order valence-corrected chi connectivity index (χ4v) is 6.17. The van der Waals surface area contributed by atoms with Gasteiger partial charge in [0.05, 0.1) is 0 Å². The van der Waals surface area contributed by atoms with E-state index in [0.717, 1.165) is 59.6 Å². The Balaban J connectivity index is 1.27. The maximum atomic E-state index is 13.5. The van der Waals surface area contributed by atoms with E-state index >= 15 is 0 Å². The Kier molecular flexibility index (Phi) is 12.6. The molecule has 0 bridgehead atoms. The summed E-state index contributed by atoms with van der Waals surface area (Å²) in [5.41, 5.74) is 9.53. The van der Waals surface area contributed by atoms with E-state index in [9.17, 15) is 4.79 Å². The quantitative estimate of drug-likeness (QED) is 0.114. The summed E-state index contributed by atoms with van der Waals surface area (Å²) < 4.78 is 0. The number of anilines is 2. The molecule has 48 heavy (non-hydrogen) atoms. The lowest BCUT2D eigenvalue weighted by Gasteiger charge is -2.24. The molecule has 4 aromatic rings. The maximum absolute atomic E-state index is 13.5. The van der Waals surface area contributed by atoms with Crippen molar-refractivity contribution in [2.45, 2.75) is 79.1 Å². The zero-order valence-corrected chi connectivity index (χ0v) is 29.4. The van der Waals surface area contributed by atoms with E-state index in [0.29, 0.717) is 11.1 Å². The molecule has 0 saturated heterocycles. The molecule has 0 aliphatic heterocycles. The Morgan fingerprint density at radius 1 is 0.417 bits per heavy atom. The smallest absolute Gasteiger partial charge is 0.194 e. The Morgan fingerprint density at radius 3 is 1.06 bits per heavy atom. The largest absolute Gasteiger partial charge is 0.372 e. The van der Waals surface area contributed by atoms with Crippen LogP contribution in [-0.4, -0.2) is 32.0 Å². The Hall–Kier alpha value is -4.73. The summed E-state index contributed by atoms with van der Waals surface area (Å²) in [7, 11) is 0. The van der Waals surface area contributed by atoms with Crippen molar-refractivity contribution in [1.29, 1.82) is 0 Å². The van der Waals surface area contributed by atoms with Gasteiger partial charge in [-0.1, -0.05) is 89.2 Å². The average molecular weight is 635 g/mol. The van der Waals surface area contributed by atoms with Crippen LogP contribution >= 0.6 is 0 Å². The number of hydrogen-bond donors (Lipinski definition) is 0. The van der Waals surface area contributed by atoms with Crippen molar-refractivity contribution in [3.8, 4) is 34.8 Å². The molecule has 0 amide bonds. The SMILES string of the molecule is CCCCN(CCCC)c1ccc(C#Cc2ccc3c(c2)C(=O)c2cc(C#Cc4ccc(N(CCCC)CCCC)cc4)ccc2-3)cc1. The van der Waals surface area contributed by atoms with Crippen molar-refractivity contribution in [2.24, 2.45) is 0 Å². The van der Waals surface area contributed by atoms with Crippen LogP contribution in [0.1, 0.15) is 117 Å². The Morgan fingerprint density at radius 2 is 0.729 bits per heavy atom. The summed E-state index contributed by atoms with van der Waals surface area (Å²) in [5.74, 6) is 13.2. The molecule has 0 heterocycles. The lowest BCUT2D eigenvalue weighted by Crippen LogP contribution is -2.25. The van der Waals surface area contributed by atoms with Gasteiger partial charge >= 0.3 is 0 Å². The summed E-state index contributed by atoms with van der Waals surface area (Å²) in [6.07, 6.45) is 9.59. The van der Waals surface area contributed by atoms with Crippen LogP contribution in [0.15, 0.2) is 84.9 Å². The number of ketones is 1. The van der Waals surface area contributed by atoms with E-state index < -0.39 is 0 Å². The molecule has 3 heteroatoms. The van der Waals surface area contributed by atoms with Gasteiger partial charge < -0.3 is 9.80 Å². The predicted octanol–water partition coefficient (Wildman–Crippen LogP) is 10.5. The minimum atomic E-state index is 0.0412. The van der Waals surface area contributed by atoms with Crippen molar-refractivity contribution in [1.82, 2.24) is 0 Å². The van der Waals surface area contributed by atoms with Gasteiger partial charge in [-0.05, 0) is 110 Å². The third-order valence-electron chi connectivity index (χ3n) is 9.11. The Labute approximate surface area is 289 Å². The first-order chi connectivity index (χ1) is 23.5. The molecule has 246 valence electrons. The number of hydrogen-bond acceptors (Lipinski definition) is 3. The minimum Gasteiger partial charge on any atom is -0.372 e. The van der Waals surface area contributed by atoms with Crippen LogP contribution in [-0.2, 0) is 0 Å². The molecule has 0 saturated carbocycles. The highest BCUT2D eigenvalue weighted by atomic mass is 16.1. The van der Waals surface area contributed by atoms with Crippen LogP contribution in [0.2, 0.25) is 0 Å². The van der Waals surface area contributed by atoms with Gasteiger partial charge in [-0.15, -0.1) is 0 Å². The first-order valence-electron chi connectivity index (χ1n) is 18.1. The first-order valence-corrected chi connectivity index (χ1v) is 18.1. The van der Waals surface area contributed by atoms with Gasteiger partial charge in [-0.3, -0.25) is 4.79 Å².